The van der Waals surface area contributed by atoms with Gasteiger partial charge in [0.1, 0.15) is 24.7 Å². The molecule has 0 fully saturated rings. The first kappa shape index (κ1) is 19.9. The van der Waals surface area contributed by atoms with E-state index < -0.39 is 17.9 Å². The molecule has 148 valence electrons. The second-order valence-electron chi connectivity index (χ2n) is 7.47. The molecule has 0 saturated heterocycles. The van der Waals surface area contributed by atoms with Gasteiger partial charge in [-0.15, -0.1) is 0 Å². The van der Waals surface area contributed by atoms with Crippen molar-refractivity contribution in [2.75, 3.05) is 0 Å². The third-order valence-electron chi connectivity index (χ3n) is 4.72. The topological polar surface area (TPSA) is 85.6 Å². The fourth-order valence-electron chi connectivity index (χ4n) is 3.34. The Hall–Kier alpha value is -2.89. The summed E-state index contributed by atoms with van der Waals surface area (Å²) in [7, 11) is 0. The van der Waals surface area contributed by atoms with Gasteiger partial charge in [0.25, 0.3) is 5.91 Å². The van der Waals surface area contributed by atoms with E-state index in [0.717, 1.165) is 12.0 Å². The SMILES string of the molecule is CC(C)C[C@H](NC(=O)c1coc2c1C(=O)CCC2)C(=O)OCc1ccccc1. The molecule has 3 rings (SSSR count). The molecule has 1 N–H and O–H groups in total. The zero-order valence-corrected chi connectivity index (χ0v) is 16.2. The van der Waals surface area contributed by atoms with Crippen LogP contribution in [0, 0.1) is 5.92 Å². The van der Waals surface area contributed by atoms with Crippen LogP contribution in [0.4, 0.5) is 0 Å². The standard InChI is InChI=1S/C22H25NO5/c1-14(2)11-17(22(26)28-12-15-7-4-3-5-8-15)23-21(25)16-13-27-19-10-6-9-18(24)20(16)19/h3-5,7-8,13-14,17H,6,9-12H2,1-2H3,(H,23,25)/t17-/m0/s1. The summed E-state index contributed by atoms with van der Waals surface area (Å²) in [5.41, 5.74) is 1.42. The number of carbonyl (C=O) groups is 3. The molecule has 1 amide bonds. The number of esters is 1. The van der Waals surface area contributed by atoms with Crippen molar-refractivity contribution in [1.82, 2.24) is 5.32 Å². The highest BCUT2D eigenvalue weighted by molar-refractivity contribution is 6.09. The van der Waals surface area contributed by atoms with Gasteiger partial charge < -0.3 is 14.5 Å². The zero-order chi connectivity index (χ0) is 20.1. The maximum absolute atomic E-state index is 12.8. The molecule has 2 aromatic rings. The molecule has 1 aromatic heterocycles. The molecule has 1 aromatic carbocycles. The van der Waals surface area contributed by atoms with Crippen molar-refractivity contribution in [2.45, 2.75) is 52.2 Å². The predicted octanol–water partition coefficient (Wildman–Crippen LogP) is 3.69. The van der Waals surface area contributed by atoms with Gasteiger partial charge in [0.2, 0.25) is 0 Å². The lowest BCUT2D eigenvalue weighted by molar-refractivity contribution is -0.147. The first-order valence-corrected chi connectivity index (χ1v) is 9.60. The van der Waals surface area contributed by atoms with Crippen LogP contribution >= 0.6 is 0 Å². The number of Topliss-reactive ketones (excluding diaryl/α,β-unsaturated/α-hetero) is 1. The zero-order valence-electron chi connectivity index (χ0n) is 16.2. The van der Waals surface area contributed by atoms with Crippen LogP contribution in [0.2, 0.25) is 0 Å². The Morgan fingerprint density at radius 3 is 2.64 bits per heavy atom. The van der Waals surface area contributed by atoms with E-state index in [1.54, 1.807) is 0 Å². The van der Waals surface area contributed by atoms with Crippen LogP contribution < -0.4 is 5.32 Å². The van der Waals surface area contributed by atoms with Crippen LogP contribution in [0.25, 0.3) is 0 Å². The summed E-state index contributed by atoms with van der Waals surface area (Å²) in [5.74, 6) is -0.340. The number of furan rings is 1. The smallest absolute Gasteiger partial charge is 0.328 e. The third-order valence-corrected chi connectivity index (χ3v) is 4.72. The minimum atomic E-state index is -0.791. The monoisotopic (exact) mass is 383 g/mol. The fourth-order valence-corrected chi connectivity index (χ4v) is 3.34. The van der Waals surface area contributed by atoms with Crippen LogP contribution in [0.1, 0.15) is 65.1 Å². The summed E-state index contributed by atoms with van der Waals surface area (Å²) in [6.45, 7) is 4.07. The molecule has 1 aliphatic rings. The number of rotatable bonds is 7. The van der Waals surface area contributed by atoms with Gasteiger partial charge in [0.15, 0.2) is 5.78 Å². The van der Waals surface area contributed by atoms with E-state index >= 15 is 0 Å². The highest BCUT2D eigenvalue weighted by atomic mass is 16.5. The van der Waals surface area contributed by atoms with Crippen molar-refractivity contribution < 1.29 is 23.5 Å². The number of amides is 1. The Balaban J connectivity index is 1.70. The number of aryl methyl sites for hydroxylation is 1. The number of benzene rings is 1. The molecular weight excluding hydrogens is 358 g/mol. The van der Waals surface area contributed by atoms with Crippen molar-refractivity contribution in [1.29, 1.82) is 0 Å². The van der Waals surface area contributed by atoms with Crippen LogP contribution in [-0.4, -0.2) is 23.7 Å². The highest BCUT2D eigenvalue weighted by Crippen LogP contribution is 2.26. The molecule has 6 heteroatoms. The van der Waals surface area contributed by atoms with E-state index in [9.17, 15) is 14.4 Å². The molecule has 0 radical (unpaired) electrons. The average molecular weight is 383 g/mol. The predicted molar refractivity (Wildman–Crippen MR) is 103 cm³/mol. The summed E-state index contributed by atoms with van der Waals surface area (Å²) in [6, 6.07) is 8.57. The van der Waals surface area contributed by atoms with Gasteiger partial charge in [0, 0.05) is 12.8 Å². The number of ether oxygens (including phenoxy) is 1. The normalized spacial score (nSPS) is 14.5. The van der Waals surface area contributed by atoms with Gasteiger partial charge in [-0.25, -0.2) is 4.79 Å². The van der Waals surface area contributed by atoms with E-state index in [2.05, 4.69) is 5.32 Å². The van der Waals surface area contributed by atoms with Crippen LogP contribution in [0.5, 0.6) is 0 Å². The molecule has 1 heterocycles. The van der Waals surface area contributed by atoms with Gasteiger partial charge in [0.05, 0.1) is 11.1 Å². The number of hydrogen-bond acceptors (Lipinski definition) is 5. The lowest BCUT2D eigenvalue weighted by Gasteiger charge is -2.19. The Kier molecular flexibility index (Phi) is 6.29. The van der Waals surface area contributed by atoms with Gasteiger partial charge in [-0.2, -0.15) is 0 Å². The van der Waals surface area contributed by atoms with Crippen LogP contribution in [0.3, 0.4) is 0 Å². The highest BCUT2D eigenvalue weighted by Gasteiger charge is 2.30. The molecule has 0 saturated carbocycles. The van der Waals surface area contributed by atoms with Gasteiger partial charge in [-0.05, 0) is 24.3 Å². The summed E-state index contributed by atoms with van der Waals surface area (Å²) < 4.78 is 10.8. The molecule has 1 atom stereocenters. The summed E-state index contributed by atoms with van der Waals surface area (Å²) >= 11 is 0. The number of carbonyl (C=O) groups excluding carboxylic acids is 3. The molecule has 1 aliphatic carbocycles. The summed E-state index contributed by atoms with van der Waals surface area (Å²) in [5, 5.41) is 2.73. The summed E-state index contributed by atoms with van der Waals surface area (Å²) in [6.07, 6.45) is 3.52. The minimum Gasteiger partial charge on any atom is -0.468 e. The summed E-state index contributed by atoms with van der Waals surface area (Å²) in [4.78, 5) is 37.5. The first-order valence-electron chi connectivity index (χ1n) is 9.60. The lowest BCUT2D eigenvalue weighted by atomic mass is 9.93. The second-order valence-corrected chi connectivity index (χ2v) is 7.47. The van der Waals surface area contributed by atoms with Crippen LogP contribution in [-0.2, 0) is 22.6 Å². The van der Waals surface area contributed by atoms with Crippen LogP contribution in [0.15, 0.2) is 41.0 Å². The van der Waals surface area contributed by atoms with Crippen molar-refractivity contribution >= 4 is 17.7 Å². The van der Waals surface area contributed by atoms with Crippen molar-refractivity contribution in [2.24, 2.45) is 5.92 Å². The second kappa shape index (κ2) is 8.87. The Labute approximate surface area is 164 Å². The van der Waals surface area contributed by atoms with Gasteiger partial charge in [-0.3, -0.25) is 9.59 Å². The first-order chi connectivity index (χ1) is 13.5. The van der Waals surface area contributed by atoms with Gasteiger partial charge in [-0.1, -0.05) is 44.2 Å². The van der Waals surface area contributed by atoms with E-state index in [-0.39, 0.29) is 23.9 Å². The Morgan fingerprint density at radius 1 is 1.18 bits per heavy atom. The largest absolute Gasteiger partial charge is 0.468 e. The average Bonchev–Trinajstić information content (AvgIpc) is 3.12. The van der Waals surface area contributed by atoms with Gasteiger partial charge >= 0.3 is 5.97 Å². The minimum absolute atomic E-state index is 0.0905. The molecule has 0 unspecified atom stereocenters. The number of nitrogens with one attached hydrogen (secondary N) is 1. The Bertz CT molecular complexity index is 853. The van der Waals surface area contributed by atoms with Crippen molar-refractivity contribution in [3.63, 3.8) is 0 Å². The van der Waals surface area contributed by atoms with Crippen molar-refractivity contribution in [3.8, 4) is 0 Å². The Morgan fingerprint density at radius 2 is 1.93 bits per heavy atom. The quantitative estimate of drug-likeness (QED) is 0.737. The van der Waals surface area contributed by atoms with E-state index in [4.69, 9.17) is 9.15 Å². The fraction of sp³-hybridized carbons (Fsp3) is 0.409. The van der Waals surface area contributed by atoms with E-state index in [1.165, 1.54) is 6.26 Å². The molecule has 6 nitrogen and oxygen atoms in total. The number of hydrogen-bond donors (Lipinski definition) is 1. The van der Waals surface area contributed by atoms with E-state index in [0.29, 0.717) is 30.6 Å². The maximum Gasteiger partial charge on any atom is 0.328 e. The van der Waals surface area contributed by atoms with E-state index in [1.807, 2.05) is 44.2 Å². The number of ketones is 1. The number of fused-ring (bicyclic) bond motifs is 1. The van der Waals surface area contributed by atoms with Crippen molar-refractivity contribution in [3.05, 3.63) is 59.0 Å². The molecule has 0 aliphatic heterocycles. The lowest BCUT2D eigenvalue weighted by Crippen LogP contribution is -2.43. The maximum atomic E-state index is 12.8. The molecular formula is C22H25NO5. The molecule has 28 heavy (non-hydrogen) atoms. The molecule has 0 spiro atoms. The molecule has 0 bridgehead atoms. The third kappa shape index (κ3) is 4.68.